The standard InChI is InChI=1S/C13H15BrClNO3/c1-3-8(2)16(7-12(17)18)13(19)10-5-4-9(14)6-11(10)15/h4-6,8H,3,7H2,1-2H3,(H,17,18). The van der Waals surface area contributed by atoms with Crippen molar-refractivity contribution in [3.8, 4) is 0 Å². The number of carbonyl (C=O) groups excluding carboxylic acids is 1. The third-order valence-corrected chi connectivity index (χ3v) is 3.66. The van der Waals surface area contributed by atoms with E-state index < -0.39 is 5.97 Å². The molecular formula is C13H15BrClNO3. The largest absolute Gasteiger partial charge is 0.480 e. The van der Waals surface area contributed by atoms with E-state index in [0.29, 0.717) is 17.0 Å². The highest BCUT2D eigenvalue weighted by Crippen LogP contribution is 2.23. The van der Waals surface area contributed by atoms with Gasteiger partial charge in [-0.3, -0.25) is 9.59 Å². The number of halogens is 2. The highest BCUT2D eigenvalue weighted by Gasteiger charge is 2.24. The highest BCUT2D eigenvalue weighted by atomic mass is 79.9. The first-order valence-electron chi connectivity index (χ1n) is 5.84. The average Bonchev–Trinajstić information content (AvgIpc) is 2.34. The Kier molecular flexibility index (Phi) is 5.82. The molecule has 1 aromatic carbocycles. The summed E-state index contributed by atoms with van der Waals surface area (Å²) in [6.45, 7) is 3.38. The van der Waals surface area contributed by atoms with Crippen LogP contribution in [0.4, 0.5) is 0 Å². The van der Waals surface area contributed by atoms with Gasteiger partial charge in [0.1, 0.15) is 6.54 Å². The van der Waals surface area contributed by atoms with Crippen LogP contribution in [0.15, 0.2) is 22.7 Å². The van der Waals surface area contributed by atoms with Crippen LogP contribution in [0, 0.1) is 0 Å². The lowest BCUT2D eigenvalue weighted by molar-refractivity contribution is -0.138. The molecule has 0 saturated carbocycles. The molecule has 0 radical (unpaired) electrons. The van der Waals surface area contributed by atoms with E-state index in [0.717, 1.165) is 4.47 Å². The van der Waals surface area contributed by atoms with Crippen molar-refractivity contribution in [2.75, 3.05) is 6.54 Å². The molecule has 6 heteroatoms. The monoisotopic (exact) mass is 347 g/mol. The van der Waals surface area contributed by atoms with E-state index in [2.05, 4.69) is 15.9 Å². The van der Waals surface area contributed by atoms with E-state index in [1.165, 1.54) is 4.90 Å². The molecule has 0 spiro atoms. The third-order valence-electron chi connectivity index (χ3n) is 2.85. The number of hydrogen-bond donors (Lipinski definition) is 1. The summed E-state index contributed by atoms with van der Waals surface area (Å²) in [4.78, 5) is 24.6. The topological polar surface area (TPSA) is 57.6 Å². The summed E-state index contributed by atoms with van der Waals surface area (Å²) in [6, 6.07) is 4.74. The first-order chi connectivity index (χ1) is 8.86. The molecule has 1 unspecified atom stereocenters. The van der Waals surface area contributed by atoms with Gasteiger partial charge in [0.2, 0.25) is 0 Å². The van der Waals surface area contributed by atoms with Gasteiger partial charge in [-0.1, -0.05) is 34.5 Å². The molecule has 0 saturated heterocycles. The van der Waals surface area contributed by atoms with Crippen LogP contribution in [0.25, 0.3) is 0 Å². The van der Waals surface area contributed by atoms with Crippen molar-refractivity contribution in [3.63, 3.8) is 0 Å². The molecule has 0 aliphatic heterocycles. The van der Waals surface area contributed by atoms with E-state index in [1.807, 2.05) is 13.8 Å². The predicted molar refractivity (Wildman–Crippen MR) is 77.6 cm³/mol. The number of hydrogen-bond acceptors (Lipinski definition) is 2. The van der Waals surface area contributed by atoms with Crippen LogP contribution in [0.2, 0.25) is 5.02 Å². The normalized spacial score (nSPS) is 12.0. The van der Waals surface area contributed by atoms with E-state index in [4.69, 9.17) is 16.7 Å². The number of benzene rings is 1. The second-order valence-corrected chi connectivity index (χ2v) is 5.53. The highest BCUT2D eigenvalue weighted by molar-refractivity contribution is 9.10. The van der Waals surface area contributed by atoms with Gasteiger partial charge in [-0.05, 0) is 31.5 Å². The van der Waals surface area contributed by atoms with Gasteiger partial charge < -0.3 is 10.0 Å². The van der Waals surface area contributed by atoms with Gasteiger partial charge in [0.25, 0.3) is 5.91 Å². The number of aliphatic carboxylic acids is 1. The molecule has 0 bridgehead atoms. The van der Waals surface area contributed by atoms with Crippen molar-refractivity contribution in [1.29, 1.82) is 0 Å². The van der Waals surface area contributed by atoms with Crippen molar-refractivity contribution in [1.82, 2.24) is 4.90 Å². The van der Waals surface area contributed by atoms with Crippen molar-refractivity contribution in [3.05, 3.63) is 33.3 Å². The number of amides is 1. The minimum absolute atomic E-state index is 0.164. The minimum Gasteiger partial charge on any atom is -0.480 e. The summed E-state index contributed by atoms with van der Waals surface area (Å²) in [5.41, 5.74) is 0.311. The van der Waals surface area contributed by atoms with Crippen molar-refractivity contribution >= 4 is 39.4 Å². The van der Waals surface area contributed by atoms with E-state index in [9.17, 15) is 9.59 Å². The van der Waals surface area contributed by atoms with Crippen LogP contribution < -0.4 is 0 Å². The van der Waals surface area contributed by atoms with Crippen LogP contribution >= 0.6 is 27.5 Å². The summed E-state index contributed by atoms with van der Waals surface area (Å²) in [7, 11) is 0. The molecule has 1 amide bonds. The van der Waals surface area contributed by atoms with Gasteiger partial charge in [0, 0.05) is 10.5 Å². The lowest BCUT2D eigenvalue weighted by atomic mass is 10.1. The number of nitrogens with zero attached hydrogens (tertiary/aromatic N) is 1. The molecule has 1 rings (SSSR count). The molecule has 4 nitrogen and oxygen atoms in total. The molecule has 0 aromatic heterocycles. The van der Waals surface area contributed by atoms with Gasteiger partial charge in [-0.25, -0.2) is 0 Å². The predicted octanol–water partition coefficient (Wildman–Crippen LogP) is 3.43. The van der Waals surface area contributed by atoms with Crippen LogP contribution in [-0.4, -0.2) is 34.5 Å². The first-order valence-corrected chi connectivity index (χ1v) is 7.01. The van der Waals surface area contributed by atoms with Crippen LogP contribution in [0.5, 0.6) is 0 Å². The van der Waals surface area contributed by atoms with Gasteiger partial charge in [-0.2, -0.15) is 0 Å². The Balaban J connectivity index is 3.08. The fourth-order valence-corrected chi connectivity index (χ4v) is 2.37. The molecule has 19 heavy (non-hydrogen) atoms. The smallest absolute Gasteiger partial charge is 0.323 e. The molecule has 0 heterocycles. The van der Waals surface area contributed by atoms with Crippen molar-refractivity contribution < 1.29 is 14.7 Å². The summed E-state index contributed by atoms with van der Waals surface area (Å²) in [5, 5.41) is 9.21. The van der Waals surface area contributed by atoms with Crippen molar-refractivity contribution in [2.24, 2.45) is 0 Å². The molecule has 0 aliphatic carbocycles. The third kappa shape index (κ3) is 4.21. The number of carboxylic acid groups (broad SMARTS) is 1. The van der Waals surface area contributed by atoms with Gasteiger partial charge >= 0.3 is 5.97 Å². The van der Waals surface area contributed by atoms with Gasteiger partial charge in [0.15, 0.2) is 0 Å². The van der Waals surface area contributed by atoms with E-state index in [1.54, 1.807) is 18.2 Å². The summed E-state index contributed by atoms with van der Waals surface area (Å²) in [5.74, 6) is -1.41. The quantitative estimate of drug-likeness (QED) is 0.887. The van der Waals surface area contributed by atoms with Crippen molar-refractivity contribution in [2.45, 2.75) is 26.3 Å². The zero-order valence-electron chi connectivity index (χ0n) is 10.7. The lowest BCUT2D eigenvalue weighted by Gasteiger charge is -2.27. The van der Waals surface area contributed by atoms with Crippen LogP contribution in [0.1, 0.15) is 30.6 Å². The Hall–Kier alpha value is -1.07. The summed E-state index contributed by atoms with van der Waals surface area (Å²) >= 11 is 9.29. The second-order valence-electron chi connectivity index (χ2n) is 4.21. The summed E-state index contributed by atoms with van der Waals surface area (Å²) < 4.78 is 0.766. The Labute approximate surface area is 125 Å². The Morgan fingerprint density at radius 3 is 2.58 bits per heavy atom. The Morgan fingerprint density at radius 2 is 2.11 bits per heavy atom. The average molecular weight is 349 g/mol. The minimum atomic E-state index is -1.04. The van der Waals surface area contributed by atoms with E-state index in [-0.39, 0.29) is 18.5 Å². The molecule has 104 valence electrons. The maximum atomic E-state index is 12.4. The van der Waals surface area contributed by atoms with Crippen LogP contribution in [-0.2, 0) is 4.79 Å². The Bertz CT molecular complexity index is 493. The molecular weight excluding hydrogens is 334 g/mol. The fraction of sp³-hybridized carbons (Fsp3) is 0.385. The molecule has 0 fully saturated rings. The number of carboxylic acids is 1. The maximum absolute atomic E-state index is 12.4. The maximum Gasteiger partial charge on any atom is 0.323 e. The van der Waals surface area contributed by atoms with E-state index >= 15 is 0 Å². The fourth-order valence-electron chi connectivity index (χ4n) is 1.61. The van der Waals surface area contributed by atoms with Crippen LogP contribution in [0.3, 0.4) is 0 Å². The van der Waals surface area contributed by atoms with Gasteiger partial charge in [0.05, 0.1) is 10.6 Å². The Morgan fingerprint density at radius 1 is 1.47 bits per heavy atom. The number of rotatable bonds is 5. The SMILES string of the molecule is CCC(C)N(CC(=O)O)C(=O)c1ccc(Br)cc1Cl. The second kappa shape index (κ2) is 6.91. The number of carbonyl (C=O) groups is 2. The lowest BCUT2D eigenvalue weighted by Crippen LogP contribution is -2.41. The first kappa shape index (κ1) is 16.0. The van der Waals surface area contributed by atoms with Gasteiger partial charge in [-0.15, -0.1) is 0 Å². The molecule has 0 aliphatic rings. The molecule has 1 aromatic rings. The zero-order valence-corrected chi connectivity index (χ0v) is 13.0. The molecule has 1 N–H and O–H groups in total. The zero-order chi connectivity index (χ0) is 14.6. The summed E-state index contributed by atoms with van der Waals surface area (Å²) in [6.07, 6.45) is 0.674. The molecule has 1 atom stereocenters.